The maximum Gasteiger partial charge on any atom is 0.226 e. The predicted octanol–water partition coefficient (Wildman–Crippen LogP) is 2.99. The van der Waals surface area contributed by atoms with E-state index in [1.54, 1.807) is 0 Å². The molecule has 0 saturated carbocycles. The van der Waals surface area contributed by atoms with Crippen LogP contribution in [0.3, 0.4) is 0 Å². The standard InChI is InChI=1S/C19H19N3O/c1-13-5-4-10-22-12-15(20-19(13)22)11-18(23)21-17-9-8-14-6-2-3-7-16(14)17/h2-7,10,12,17H,8-9,11H2,1H3,(H,21,23). The first-order valence-corrected chi connectivity index (χ1v) is 8.01. The smallest absolute Gasteiger partial charge is 0.226 e. The lowest BCUT2D eigenvalue weighted by atomic mass is 10.1. The molecule has 3 aromatic rings. The number of hydrogen-bond acceptors (Lipinski definition) is 2. The van der Waals surface area contributed by atoms with Crippen LogP contribution in [0.5, 0.6) is 0 Å². The molecule has 4 nitrogen and oxygen atoms in total. The summed E-state index contributed by atoms with van der Waals surface area (Å²) in [6.07, 6.45) is 6.23. The van der Waals surface area contributed by atoms with E-state index in [9.17, 15) is 4.79 Å². The number of rotatable bonds is 3. The van der Waals surface area contributed by atoms with Gasteiger partial charge in [0.1, 0.15) is 5.65 Å². The van der Waals surface area contributed by atoms with E-state index >= 15 is 0 Å². The SMILES string of the molecule is Cc1cccn2cc(CC(=O)NC3CCc4ccccc43)nc12. The Morgan fingerprint density at radius 2 is 2.17 bits per heavy atom. The second-order valence-electron chi connectivity index (χ2n) is 6.19. The van der Waals surface area contributed by atoms with Crippen molar-refractivity contribution in [1.82, 2.24) is 14.7 Å². The molecule has 0 fully saturated rings. The van der Waals surface area contributed by atoms with Gasteiger partial charge in [-0.1, -0.05) is 30.3 Å². The summed E-state index contributed by atoms with van der Waals surface area (Å²) in [5, 5.41) is 3.15. The van der Waals surface area contributed by atoms with Gasteiger partial charge in [0.15, 0.2) is 0 Å². The second kappa shape index (κ2) is 5.54. The number of carbonyl (C=O) groups excluding carboxylic acids is 1. The average molecular weight is 305 g/mol. The van der Waals surface area contributed by atoms with Gasteiger partial charge in [0.2, 0.25) is 5.91 Å². The minimum absolute atomic E-state index is 0.0350. The molecule has 1 aliphatic rings. The molecule has 2 aromatic heterocycles. The average Bonchev–Trinajstić information content (AvgIpc) is 3.12. The zero-order chi connectivity index (χ0) is 15.8. The van der Waals surface area contributed by atoms with E-state index in [4.69, 9.17) is 0 Å². The molecule has 0 spiro atoms. The zero-order valence-corrected chi connectivity index (χ0v) is 13.1. The summed E-state index contributed by atoms with van der Waals surface area (Å²) in [6, 6.07) is 12.5. The summed E-state index contributed by atoms with van der Waals surface area (Å²) < 4.78 is 1.98. The van der Waals surface area contributed by atoms with E-state index in [-0.39, 0.29) is 11.9 Å². The second-order valence-corrected chi connectivity index (χ2v) is 6.19. The largest absolute Gasteiger partial charge is 0.349 e. The van der Waals surface area contributed by atoms with Crippen molar-refractivity contribution in [2.24, 2.45) is 0 Å². The minimum Gasteiger partial charge on any atom is -0.349 e. The van der Waals surface area contributed by atoms with Crippen LogP contribution in [-0.2, 0) is 17.6 Å². The zero-order valence-electron chi connectivity index (χ0n) is 13.1. The highest BCUT2D eigenvalue weighted by atomic mass is 16.1. The summed E-state index contributed by atoms with van der Waals surface area (Å²) in [7, 11) is 0. The van der Waals surface area contributed by atoms with Gasteiger partial charge in [-0.3, -0.25) is 4.79 Å². The molecule has 1 aliphatic carbocycles. The molecule has 0 bridgehead atoms. The van der Waals surface area contributed by atoms with Gasteiger partial charge in [0.05, 0.1) is 18.2 Å². The van der Waals surface area contributed by atoms with Gasteiger partial charge < -0.3 is 9.72 Å². The first-order valence-electron chi connectivity index (χ1n) is 8.01. The topological polar surface area (TPSA) is 46.4 Å². The summed E-state index contributed by atoms with van der Waals surface area (Å²) in [5.74, 6) is 0.0350. The number of imidazole rings is 1. The third-order valence-corrected chi connectivity index (χ3v) is 4.54. The van der Waals surface area contributed by atoms with Crippen molar-refractivity contribution in [2.45, 2.75) is 32.2 Å². The molecule has 4 rings (SSSR count). The number of aryl methyl sites for hydroxylation is 2. The molecule has 1 aromatic carbocycles. The Balaban J connectivity index is 1.49. The summed E-state index contributed by atoms with van der Waals surface area (Å²) in [5.41, 5.74) is 5.45. The van der Waals surface area contributed by atoms with Crippen LogP contribution < -0.4 is 5.32 Å². The monoisotopic (exact) mass is 305 g/mol. The highest BCUT2D eigenvalue weighted by Crippen LogP contribution is 2.30. The van der Waals surface area contributed by atoms with Crippen molar-refractivity contribution in [3.63, 3.8) is 0 Å². The molecule has 4 heteroatoms. The van der Waals surface area contributed by atoms with E-state index in [0.717, 1.165) is 29.7 Å². The molecular weight excluding hydrogens is 286 g/mol. The molecule has 116 valence electrons. The Hall–Kier alpha value is -2.62. The molecule has 23 heavy (non-hydrogen) atoms. The third kappa shape index (κ3) is 2.61. The Labute approximate surface area is 135 Å². The number of nitrogens with zero attached hydrogens (tertiary/aromatic N) is 2. The van der Waals surface area contributed by atoms with Crippen molar-refractivity contribution in [1.29, 1.82) is 0 Å². The van der Waals surface area contributed by atoms with E-state index in [1.807, 2.05) is 41.9 Å². The normalized spacial score (nSPS) is 16.5. The summed E-state index contributed by atoms with van der Waals surface area (Å²) >= 11 is 0. The van der Waals surface area contributed by atoms with Gasteiger partial charge in [-0.05, 0) is 42.5 Å². The molecule has 1 N–H and O–H groups in total. The number of aromatic nitrogens is 2. The number of fused-ring (bicyclic) bond motifs is 2. The number of benzene rings is 1. The van der Waals surface area contributed by atoms with Crippen molar-refractivity contribution < 1.29 is 4.79 Å². The van der Waals surface area contributed by atoms with Crippen LogP contribution in [0.2, 0.25) is 0 Å². The van der Waals surface area contributed by atoms with Gasteiger partial charge in [0.25, 0.3) is 0 Å². The Morgan fingerprint density at radius 3 is 3.04 bits per heavy atom. The van der Waals surface area contributed by atoms with Crippen LogP contribution in [0.15, 0.2) is 48.8 Å². The molecular formula is C19H19N3O. The molecule has 2 heterocycles. The summed E-state index contributed by atoms with van der Waals surface area (Å²) in [6.45, 7) is 2.03. The van der Waals surface area contributed by atoms with Crippen molar-refractivity contribution in [2.75, 3.05) is 0 Å². The van der Waals surface area contributed by atoms with E-state index < -0.39 is 0 Å². The molecule has 1 unspecified atom stereocenters. The predicted molar refractivity (Wildman–Crippen MR) is 89.3 cm³/mol. The maximum absolute atomic E-state index is 12.4. The fourth-order valence-electron chi connectivity index (χ4n) is 3.41. The Kier molecular flexibility index (Phi) is 3.37. The highest BCUT2D eigenvalue weighted by molar-refractivity contribution is 5.79. The van der Waals surface area contributed by atoms with Gasteiger partial charge in [-0.25, -0.2) is 4.98 Å². The first-order chi connectivity index (χ1) is 11.2. The Morgan fingerprint density at radius 1 is 1.30 bits per heavy atom. The number of carbonyl (C=O) groups is 1. The van der Waals surface area contributed by atoms with Gasteiger partial charge in [-0.15, -0.1) is 0 Å². The van der Waals surface area contributed by atoms with Crippen LogP contribution in [0.1, 0.15) is 34.8 Å². The number of amides is 1. The summed E-state index contributed by atoms with van der Waals surface area (Å²) in [4.78, 5) is 17.0. The van der Waals surface area contributed by atoms with E-state index in [1.165, 1.54) is 11.1 Å². The van der Waals surface area contributed by atoms with Crippen LogP contribution in [0.25, 0.3) is 5.65 Å². The molecule has 0 saturated heterocycles. The fraction of sp³-hybridized carbons (Fsp3) is 0.263. The fourth-order valence-corrected chi connectivity index (χ4v) is 3.41. The van der Waals surface area contributed by atoms with Crippen LogP contribution in [0.4, 0.5) is 0 Å². The molecule has 0 aliphatic heterocycles. The van der Waals surface area contributed by atoms with Gasteiger partial charge in [0, 0.05) is 12.4 Å². The molecule has 1 amide bonds. The molecule has 0 radical (unpaired) electrons. The van der Waals surface area contributed by atoms with E-state index in [0.29, 0.717) is 6.42 Å². The van der Waals surface area contributed by atoms with Gasteiger partial charge >= 0.3 is 0 Å². The van der Waals surface area contributed by atoms with Crippen LogP contribution in [0, 0.1) is 6.92 Å². The number of hydrogen-bond donors (Lipinski definition) is 1. The number of nitrogens with one attached hydrogen (secondary N) is 1. The van der Waals surface area contributed by atoms with Gasteiger partial charge in [-0.2, -0.15) is 0 Å². The van der Waals surface area contributed by atoms with Crippen molar-refractivity contribution in [3.05, 3.63) is 71.2 Å². The van der Waals surface area contributed by atoms with Crippen molar-refractivity contribution >= 4 is 11.6 Å². The highest BCUT2D eigenvalue weighted by Gasteiger charge is 2.23. The lowest BCUT2D eigenvalue weighted by Gasteiger charge is -2.13. The molecule has 1 atom stereocenters. The minimum atomic E-state index is 0.0350. The van der Waals surface area contributed by atoms with Crippen LogP contribution in [-0.4, -0.2) is 15.3 Å². The lowest BCUT2D eigenvalue weighted by Crippen LogP contribution is -2.28. The Bertz CT molecular complexity index is 881. The van der Waals surface area contributed by atoms with Crippen molar-refractivity contribution in [3.8, 4) is 0 Å². The quantitative estimate of drug-likeness (QED) is 0.808. The third-order valence-electron chi connectivity index (χ3n) is 4.54. The number of pyridine rings is 1. The van der Waals surface area contributed by atoms with E-state index in [2.05, 4.69) is 28.5 Å². The first kappa shape index (κ1) is 14.0. The van der Waals surface area contributed by atoms with Crippen LogP contribution >= 0.6 is 0 Å². The lowest BCUT2D eigenvalue weighted by molar-refractivity contribution is -0.121. The maximum atomic E-state index is 12.4.